The Kier molecular flexibility index (Phi) is 12.0. The van der Waals surface area contributed by atoms with Crippen molar-refractivity contribution in [1.29, 1.82) is 0 Å². The molecule has 0 bridgehead atoms. The fourth-order valence-electron chi connectivity index (χ4n) is 2.65. The molecule has 1 aliphatic rings. The summed E-state index contributed by atoms with van der Waals surface area (Å²) in [5, 5.41) is 6.82. The smallest absolute Gasteiger partial charge is 0.191 e. The quantitative estimate of drug-likeness (QED) is 0.329. The summed E-state index contributed by atoms with van der Waals surface area (Å²) in [6, 6.07) is 0.470. The third-order valence-electron chi connectivity index (χ3n) is 4.06. The predicted molar refractivity (Wildman–Crippen MR) is 97.1 cm³/mol. The van der Waals surface area contributed by atoms with E-state index in [2.05, 4.69) is 36.4 Å². The summed E-state index contributed by atoms with van der Waals surface area (Å²) in [7, 11) is 0. The lowest BCUT2D eigenvalue weighted by molar-refractivity contribution is 0.0893. The van der Waals surface area contributed by atoms with Crippen molar-refractivity contribution >= 4 is 5.96 Å². The fraction of sp³-hybridized carbons (Fsp3) is 0.944. The first-order valence-electron chi connectivity index (χ1n) is 9.46. The van der Waals surface area contributed by atoms with Crippen LogP contribution in [-0.2, 0) is 9.47 Å². The van der Waals surface area contributed by atoms with Crippen molar-refractivity contribution < 1.29 is 9.47 Å². The van der Waals surface area contributed by atoms with Crippen molar-refractivity contribution in [2.75, 3.05) is 39.5 Å². The van der Waals surface area contributed by atoms with E-state index in [0.717, 1.165) is 58.3 Å². The number of rotatable bonds is 12. The van der Waals surface area contributed by atoms with Crippen LogP contribution in [0.25, 0.3) is 0 Å². The average Bonchev–Trinajstić information content (AvgIpc) is 3.04. The molecule has 2 N–H and O–H groups in total. The highest BCUT2D eigenvalue weighted by Crippen LogP contribution is 2.12. The highest BCUT2D eigenvalue weighted by atomic mass is 16.5. The van der Waals surface area contributed by atoms with E-state index in [1.807, 2.05) is 0 Å². The zero-order valence-electron chi connectivity index (χ0n) is 15.4. The summed E-state index contributed by atoms with van der Waals surface area (Å²) in [4.78, 5) is 4.64. The van der Waals surface area contributed by atoms with Crippen LogP contribution in [0, 0.1) is 5.92 Å². The van der Waals surface area contributed by atoms with Crippen molar-refractivity contribution in [2.45, 2.75) is 65.3 Å². The van der Waals surface area contributed by atoms with Crippen molar-refractivity contribution in [1.82, 2.24) is 10.6 Å². The van der Waals surface area contributed by atoms with Gasteiger partial charge < -0.3 is 20.1 Å². The molecule has 5 heteroatoms. The first-order valence-corrected chi connectivity index (χ1v) is 9.46. The molecule has 2 atom stereocenters. The Balaban J connectivity index is 2.12. The summed E-state index contributed by atoms with van der Waals surface area (Å²) >= 11 is 0. The van der Waals surface area contributed by atoms with E-state index >= 15 is 0 Å². The molecule has 0 radical (unpaired) electrons. The molecule has 1 saturated heterocycles. The lowest BCUT2D eigenvalue weighted by atomic mass is 10.1. The van der Waals surface area contributed by atoms with Gasteiger partial charge >= 0.3 is 0 Å². The number of guanidine groups is 1. The molecule has 0 spiro atoms. The van der Waals surface area contributed by atoms with Crippen LogP contribution in [0.2, 0.25) is 0 Å². The second kappa shape index (κ2) is 13.6. The monoisotopic (exact) mass is 327 g/mol. The SMILES string of the molecule is CCCCCC(C)NC(=NCCCOCC1CCOC1)NCC. The van der Waals surface area contributed by atoms with Gasteiger partial charge in [-0.1, -0.05) is 26.2 Å². The van der Waals surface area contributed by atoms with Crippen LogP contribution in [-0.4, -0.2) is 51.5 Å². The maximum absolute atomic E-state index is 5.72. The minimum Gasteiger partial charge on any atom is -0.381 e. The Morgan fingerprint density at radius 2 is 2.17 bits per heavy atom. The van der Waals surface area contributed by atoms with Gasteiger partial charge in [0.1, 0.15) is 0 Å². The van der Waals surface area contributed by atoms with Crippen LogP contribution < -0.4 is 10.6 Å². The summed E-state index contributed by atoms with van der Waals surface area (Å²) in [6.07, 6.45) is 7.17. The van der Waals surface area contributed by atoms with Crippen LogP contribution >= 0.6 is 0 Å². The number of unbranched alkanes of at least 4 members (excludes halogenated alkanes) is 2. The van der Waals surface area contributed by atoms with Crippen molar-refractivity contribution in [3.05, 3.63) is 0 Å². The van der Waals surface area contributed by atoms with Gasteiger partial charge in [0.25, 0.3) is 0 Å². The van der Waals surface area contributed by atoms with Crippen molar-refractivity contribution in [2.24, 2.45) is 10.9 Å². The first-order chi connectivity index (χ1) is 11.3. The highest BCUT2D eigenvalue weighted by Gasteiger charge is 2.15. The zero-order valence-corrected chi connectivity index (χ0v) is 15.4. The molecule has 5 nitrogen and oxygen atoms in total. The van der Waals surface area contributed by atoms with Gasteiger partial charge in [-0.25, -0.2) is 0 Å². The molecule has 0 saturated carbocycles. The van der Waals surface area contributed by atoms with Crippen molar-refractivity contribution in [3.63, 3.8) is 0 Å². The maximum atomic E-state index is 5.72. The molecule has 23 heavy (non-hydrogen) atoms. The van der Waals surface area contributed by atoms with Crippen molar-refractivity contribution in [3.8, 4) is 0 Å². The van der Waals surface area contributed by atoms with E-state index in [1.165, 1.54) is 25.7 Å². The second-order valence-electron chi connectivity index (χ2n) is 6.46. The largest absolute Gasteiger partial charge is 0.381 e. The van der Waals surface area contributed by atoms with E-state index in [9.17, 15) is 0 Å². The Bertz CT molecular complexity index is 305. The van der Waals surface area contributed by atoms with Gasteiger partial charge in [-0.3, -0.25) is 4.99 Å². The molecule has 0 aromatic rings. The number of nitrogens with one attached hydrogen (secondary N) is 2. The minimum absolute atomic E-state index is 0.470. The molecule has 2 unspecified atom stereocenters. The Morgan fingerprint density at radius 1 is 1.30 bits per heavy atom. The van der Waals surface area contributed by atoms with E-state index in [1.54, 1.807) is 0 Å². The second-order valence-corrected chi connectivity index (χ2v) is 6.46. The Labute approximate surface area is 142 Å². The molecule has 0 aromatic carbocycles. The van der Waals surface area contributed by atoms with Gasteiger partial charge in [-0.2, -0.15) is 0 Å². The minimum atomic E-state index is 0.470. The summed E-state index contributed by atoms with van der Waals surface area (Å²) in [5.41, 5.74) is 0. The van der Waals surface area contributed by atoms with Crippen LogP contribution in [0.15, 0.2) is 4.99 Å². The van der Waals surface area contributed by atoms with Crippen LogP contribution in [0.3, 0.4) is 0 Å². The molecule has 1 fully saturated rings. The third kappa shape index (κ3) is 10.6. The lowest BCUT2D eigenvalue weighted by Crippen LogP contribution is -2.42. The number of hydrogen-bond acceptors (Lipinski definition) is 3. The fourth-order valence-corrected chi connectivity index (χ4v) is 2.65. The van der Waals surface area contributed by atoms with Crippen LogP contribution in [0.5, 0.6) is 0 Å². The molecule has 1 rings (SSSR count). The summed E-state index contributed by atoms with van der Waals surface area (Å²) < 4.78 is 11.1. The van der Waals surface area contributed by atoms with E-state index in [-0.39, 0.29) is 0 Å². The van der Waals surface area contributed by atoms with Gasteiger partial charge in [0.05, 0.1) is 13.2 Å². The van der Waals surface area contributed by atoms with Gasteiger partial charge in [0.15, 0.2) is 5.96 Å². The Hall–Kier alpha value is -0.810. The molecule has 1 heterocycles. The molecule has 0 amide bonds. The standard InChI is InChI=1S/C18H37N3O2/c1-4-6-7-9-16(3)21-18(19-5-2)20-11-8-12-22-14-17-10-13-23-15-17/h16-17H,4-15H2,1-3H3,(H2,19,20,21). The lowest BCUT2D eigenvalue weighted by Gasteiger charge is -2.17. The third-order valence-corrected chi connectivity index (χ3v) is 4.06. The van der Waals surface area contributed by atoms with Gasteiger partial charge in [0, 0.05) is 38.3 Å². The molecular weight excluding hydrogens is 290 g/mol. The van der Waals surface area contributed by atoms with E-state index in [4.69, 9.17) is 9.47 Å². The normalized spacial score (nSPS) is 19.8. The number of hydrogen-bond donors (Lipinski definition) is 2. The van der Waals surface area contributed by atoms with Gasteiger partial charge in [-0.15, -0.1) is 0 Å². The molecule has 0 aliphatic carbocycles. The van der Waals surface area contributed by atoms with Gasteiger partial charge in [-0.05, 0) is 33.1 Å². The topological polar surface area (TPSA) is 54.9 Å². The number of nitrogens with zero attached hydrogens (tertiary/aromatic N) is 1. The highest BCUT2D eigenvalue weighted by molar-refractivity contribution is 5.79. The number of aliphatic imine (C=N–C) groups is 1. The predicted octanol–water partition coefficient (Wildman–Crippen LogP) is 2.95. The molecule has 136 valence electrons. The first kappa shape index (κ1) is 20.2. The average molecular weight is 328 g/mol. The molecule has 1 aliphatic heterocycles. The summed E-state index contributed by atoms with van der Waals surface area (Å²) in [6.45, 7) is 11.6. The van der Waals surface area contributed by atoms with Crippen LogP contribution in [0.4, 0.5) is 0 Å². The summed E-state index contributed by atoms with van der Waals surface area (Å²) in [5.74, 6) is 1.53. The number of ether oxygens (including phenoxy) is 2. The van der Waals surface area contributed by atoms with Crippen LogP contribution in [0.1, 0.15) is 59.3 Å². The zero-order chi connectivity index (χ0) is 16.8. The van der Waals surface area contributed by atoms with E-state index < -0.39 is 0 Å². The maximum Gasteiger partial charge on any atom is 0.191 e. The van der Waals surface area contributed by atoms with Gasteiger partial charge in [0.2, 0.25) is 0 Å². The Morgan fingerprint density at radius 3 is 2.87 bits per heavy atom. The molecule has 0 aromatic heterocycles. The molecular formula is C18H37N3O2. The van der Waals surface area contributed by atoms with E-state index in [0.29, 0.717) is 12.0 Å².